The molecule has 116 valence electrons. The third kappa shape index (κ3) is 3.23. The summed E-state index contributed by atoms with van der Waals surface area (Å²) in [5.74, 6) is 0. The predicted octanol–water partition coefficient (Wildman–Crippen LogP) is 4.01. The molecule has 0 radical (unpaired) electrons. The summed E-state index contributed by atoms with van der Waals surface area (Å²) in [5, 5.41) is 10.6. The lowest BCUT2D eigenvalue weighted by Gasteiger charge is -2.50. The minimum absolute atomic E-state index is 0.240. The number of hydrogen-bond acceptors (Lipinski definition) is 2. The summed E-state index contributed by atoms with van der Waals surface area (Å²) in [7, 11) is 0. The van der Waals surface area contributed by atoms with Gasteiger partial charge < -0.3 is 5.11 Å². The lowest BCUT2D eigenvalue weighted by atomic mass is 9.84. The minimum Gasteiger partial charge on any atom is -0.387 e. The molecule has 1 aliphatic heterocycles. The molecule has 3 rings (SSSR count). The van der Waals surface area contributed by atoms with Crippen LogP contribution < -0.4 is 0 Å². The van der Waals surface area contributed by atoms with Crippen molar-refractivity contribution in [2.75, 3.05) is 13.1 Å². The summed E-state index contributed by atoms with van der Waals surface area (Å²) in [6, 6.07) is 21.4. The molecule has 1 aliphatic rings. The topological polar surface area (TPSA) is 23.5 Å². The SMILES string of the molecule is CCCCC1(O)CN(C(c2ccccc2)c2ccccc2)C1. The molecular formula is C20H25NO. The van der Waals surface area contributed by atoms with Gasteiger partial charge in [0.05, 0.1) is 11.6 Å². The minimum atomic E-state index is -0.488. The number of rotatable bonds is 6. The van der Waals surface area contributed by atoms with Crippen molar-refractivity contribution >= 4 is 0 Å². The van der Waals surface area contributed by atoms with E-state index in [1.165, 1.54) is 11.1 Å². The van der Waals surface area contributed by atoms with Crippen LogP contribution in [0.25, 0.3) is 0 Å². The summed E-state index contributed by atoms with van der Waals surface area (Å²) in [6.45, 7) is 3.71. The fourth-order valence-corrected chi connectivity index (χ4v) is 3.44. The standard InChI is InChI=1S/C20H25NO/c1-2-3-14-20(22)15-21(16-20)19(17-10-6-4-7-11-17)18-12-8-5-9-13-18/h4-13,19,22H,2-3,14-16H2,1H3. The van der Waals surface area contributed by atoms with Crippen LogP contribution in [-0.2, 0) is 0 Å². The monoisotopic (exact) mass is 295 g/mol. The molecule has 0 unspecified atom stereocenters. The summed E-state index contributed by atoms with van der Waals surface area (Å²) >= 11 is 0. The molecule has 1 saturated heterocycles. The van der Waals surface area contributed by atoms with Crippen LogP contribution in [0, 0.1) is 0 Å². The van der Waals surface area contributed by atoms with Gasteiger partial charge in [-0.05, 0) is 17.5 Å². The predicted molar refractivity (Wildman–Crippen MR) is 90.8 cm³/mol. The van der Waals surface area contributed by atoms with Crippen LogP contribution in [0.1, 0.15) is 43.4 Å². The van der Waals surface area contributed by atoms with Crippen molar-refractivity contribution in [3.8, 4) is 0 Å². The number of unbranched alkanes of at least 4 members (excludes halogenated alkanes) is 1. The third-order valence-corrected chi connectivity index (χ3v) is 4.59. The second-order valence-corrected chi connectivity index (χ2v) is 6.46. The smallest absolute Gasteiger partial charge is 0.0900 e. The Morgan fingerprint density at radius 1 is 0.955 bits per heavy atom. The number of benzene rings is 2. The number of likely N-dealkylation sites (tertiary alicyclic amines) is 1. The average molecular weight is 295 g/mol. The van der Waals surface area contributed by atoms with Gasteiger partial charge in [0.25, 0.3) is 0 Å². The molecular weight excluding hydrogens is 270 g/mol. The van der Waals surface area contributed by atoms with Crippen molar-refractivity contribution in [2.24, 2.45) is 0 Å². The van der Waals surface area contributed by atoms with Gasteiger partial charge in [-0.15, -0.1) is 0 Å². The van der Waals surface area contributed by atoms with Gasteiger partial charge >= 0.3 is 0 Å². The van der Waals surface area contributed by atoms with Crippen LogP contribution >= 0.6 is 0 Å². The Hall–Kier alpha value is -1.64. The molecule has 0 aliphatic carbocycles. The van der Waals surface area contributed by atoms with Crippen LogP contribution in [0.5, 0.6) is 0 Å². The fraction of sp³-hybridized carbons (Fsp3) is 0.400. The summed E-state index contributed by atoms with van der Waals surface area (Å²) in [5.41, 5.74) is 2.11. The Labute approximate surface area is 133 Å². The van der Waals surface area contributed by atoms with Crippen LogP contribution in [-0.4, -0.2) is 28.7 Å². The highest BCUT2D eigenvalue weighted by atomic mass is 16.3. The maximum absolute atomic E-state index is 10.6. The second kappa shape index (κ2) is 6.64. The van der Waals surface area contributed by atoms with E-state index >= 15 is 0 Å². The van der Waals surface area contributed by atoms with Gasteiger partial charge in [0.1, 0.15) is 0 Å². The van der Waals surface area contributed by atoms with Crippen molar-refractivity contribution in [1.82, 2.24) is 4.90 Å². The van der Waals surface area contributed by atoms with Gasteiger partial charge in [0.15, 0.2) is 0 Å². The van der Waals surface area contributed by atoms with E-state index in [0.29, 0.717) is 0 Å². The highest BCUT2D eigenvalue weighted by Crippen LogP contribution is 2.37. The number of aliphatic hydroxyl groups is 1. The number of hydrogen-bond donors (Lipinski definition) is 1. The van der Waals surface area contributed by atoms with E-state index in [2.05, 4.69) is 72.5 Å². The summed E-state index contributed by atoms with van der Waals surface area (Å²) in [4.78, 5) is 2.39. The molecule has 1 N–H and O–H groups in total. The van der Waals surface area contributed by atoms with Crippen molar-refractivity contribution in [2.45, 2.75) is 37.8 Å². The van der Waals surface area contributed by atoms with Gasteiger partial charge in [-0.2, -0.15) is 0 Å². The number of nitrogens with zero attached hydrogens (tertiary/aromatic N) is 1. The van der Waals surface area contributed by atoms with Crippen molar-refractivity contribution in [3.05, 3.63) is 71.8 Å². The highest BCUT2D eigenvalue weighted by Gasteiger charge is 2.44. The zero-order chi connectivity index (χ0) is 15.4. The van der Waals surface area contributed by atoms with Gasteiger partial charge in [0.2, 0.25) is 0 Å². The molecule has 2 aromatic rings. The molecule has 0 bridgehead atoms. The first-order valence-electron chi connectivity index (χ1n) is 8.28. The molecule has 2 nitrogen and oxygen atoms in total. The summed E-state index contributed by atoms with van der Waals surface area (Å²) < 4.78 is 0. The van der Waals surface area contributed by atoms with Crippen molar-refractivity contribution in [3.63, 3.8) is 0 Å². The molecule has 0 amide bonds. The Morgan fingerprint density at radius 3 is 1.91 bits per heavy atom. The lowest BCUT2D eigenvalue weighted by Crippen LogP contribution is -2.62. The molecule has 2 aromatic carbocycles. The third-order valence-electron chi connectivity index (χ3n) is 4.59. The molecule has 0 spiro atoms. The molecule has 2 heteroatoms. The molecule has 1 fully saturated rings. The maximum Gasteiger partial charge on any atom is 0.0900 e. The zero-order valence-corrected chi connectivity index (χ0v) is 13.3. The second-order valence-electron chi connectivity index (χ2n) is 6.46. The van der Waals surface area contributed by atoms with Crippen LogP contribution in [0.4, 0.5) is 0 Å². The quantitative estimate of drug-likeness (QED) is 0.870. The fourth-order valence-electron chi connectivity index (χ4n) is 3.44. The zero-order valence-electron chi connectivity index (χ0n) is 13.3. The van der Waals surface area contributed by atoms with E-state index in [-0.39, 0.29) is 6.04 Å². The average Bonchev–Trinajstić information content (AvgIpc) is 2.54. The molecule has 22 heavy (non-hydrogen) atoms. The van der Waals surface area contributed by atoms with E-state index in [4.69, 9.17) is 0 Å². The van der Waals surface area contributed by atoms with Gasteiger partial charge in [-0.3, -0.25) is 4.90 Å². The first-order valence-corrected chi connectivity index (χ1v) is 8.28. The van der Waals surface area contributed by atoms with Crippen LogP contribution in [0.2, 0.25) is 0 Å². The van der Waals surface area contributed by atoms with E-state index in [0.717, 1.165) is 32.4 Å². The molecule has 0 atom stereocenters. The van der Waals surface area contributed by atoms with E-state index < -0.39 is 5.60 Å². The Balaban J connectivity index is 1.80. The van der Waals surface area contributed by atoms with Crippen LogP contribution in [0.15, 0.2) is 60.7 Å². The molecule has 0 saturated carbocycles. The van der Waals surface area contributed by atoms with E-state index in [9.17, 15) is 5.11 Å². The molecule has 0 aromatic heterocycles. The molecule has 1 heterocycles. The van der Waals surface area contributed by atoms with E-state index in [1.54, 1.807) is 0 Å². The highest BCUT2D eigenvalue weighted by molar-refractivity contribution is 5.32. The first-order chi connectivity index (χ1) is 10.7. The van der Waals surface area contributed by atoms with Crippen molar-refractivity contribution in [1.29, 1.82) is 0 Å². The van der Waals surface area contributed by atoms with Gasteiger partial charge in [-0.1, -0.05) is 80.4 Å². The Morgan fingerprint density at radius 2 is 1.45 bits per heavy atom. The van der Waals surface area contributed by atoms with Crippen LogP contribution in [0.3, 0.4) is 0 Å². The van der Waals surface area contributed by atoms with Crippen molar-refractivity contribution < 1.29 is 5.11 Å². The Kier molecular flexibility index (Phi) is 4.60. The van der Waals surface area contributed by atoms with Gasteiger partial charge in [0, 0.05) is 13.1 Å². The first kappa shape index (κ1) is 15.3. The van der Waals surface area contributed by atoms with Gasteiger partial charge in [-0.25, -0.2) is 0 Å². The Bertz CT molecular complexity index is 536. The maximum atomic E-state index is 10.6. The largest absolute Gasteiger partial charge is 0.387 e. The summed E-state index contributed by atoms with van der Waals surface area (Å²) in [6.07, 6.45) is 3.16. The van der Waals surface area contributed by atoms with E-state index in [1.807, 2.05) is 0 Å². The lowest BCUT2D eigenvalue weighted by molar-refractivity contribution is -0.115. The normalized spacial score (nSPS) is 17.4. The number of β-amino-alcohol motifs (C(OH)–C–C–N with tert-alkyl or cyclic N) is 1.